The van der Waals surface area contributed by atoms with Gasteiger partial charge in [-0.2, -0.15) is 11.3 Å². The maximum absolute atomic E-state index is 13.7. The number of nitrogens with zero attached hydrogens (tertiary/aromatic N) is 1. The Balaban J connectivity index is 1.99. The molecule has 27 heavy (non-hydrogen) atoms. The molecule has 0 amide bonds. The van der Waals surface area contributed by atoms with Gasteiger partial charge in [-0.1, -0.05) is 12.1 Å². The Morgan fingerprint density at radius 3 is 2.67 bits per heavy atom. The highest BCUT2D eigenvalue weighted by Gasteiger charge is 2.23. The predicted molar refractivity (Wildman–Crippen MR) is 106 cm³/mol. The van der Waals surface area contributed by atoms with Gasteiger partial charge in [0.15, 0.2) is 15.8 Å². The molecule has 1 atom stereocenters. The Morgan fingerprint density at radius 2 is 2.04 bits per heavy atom. The molecule has 6 nitrogen and oxygen atoms in total. The highest BCUT2D eigenvalue weighted by Crippen LogP contribution is 2.23. The number of nitrogens with one attached hydrogen (secondary N) is 2. The zero-order chi connectivity index (χ0) is 19.9. The van der Waals surface area contributed by atoms with E-state index in [9.17, 15) is 17.9 Å². The number of hydrogen-bond acceptors (Lipinski definition) is 5. The fourth-order valence-corrected chi connectivity index (χ4v) is 4.37. The average Bonchev–Trinajstić information content (AvgIpc) is 3.15. The molecule has 9 heteroatoms. The maximum atomic E-state index is 13.7. The van der Waals surface area contributed by atoms with Crippen molar-refractivity contribution in [2.45, 2.75) is 24.3 Å². The van der Waals surface area contributed by atoms with Gasteiger partial charge in [0.05, 0.1) is 12.3 Å². The molecule has 1 aromatic carbocycles. The van der Waals surface area contributed by atoms with Crippen LogP contribution in [0, 0.1) is 5.82 Å². The van der Waals surface area contributed by atoms with E-state index in [-0.39, 0.29) is 23.7 Å². The van der Waals surface area contributed by atoms with Crippen LogP contribution in [-0.4, -0.2) is 44.9 Å². The molecule has 0 aliphatic rings. The summed E-state index contributed by atoms with van der Waals surface area (Å²) in [6.45, 7) is 4.30. The van der Waals surface area contributed by atoms with E-state index in [0.29, 0.717) is 12.5 Å². The van der Waals surface area contributed by atoms with Crippen LogP contribution in [0.3, 0.4) is 0 Å². The number of sulfone groups is 1. The van der Waals surface area contributed by atoms with Gasteiger partial charge in [0.1, 0.15) is 16.3 Å². The Morgan fingerprint density at radius 1 is 1.30 bits per heavy atom. The quantitative estimate of drug-likeness (QED) is 0.456. The van der Waals surface area contributed by atoms with Gasteiger partial charge in [0.2, 0.25) is 0 Å². The molecule has 0 fully saturated rings. The van der Waals surface area contributed by atoms with Crippen molar-refractivity contribution in [3.05, 3.63) is 52.5 Å². The van der Waals surface area contributed by atoms with Crippen LogP contribution >= 0.6 is 11.3 Å². The molecule has 0 bridgehead atoms. The van der Waals surface area contributed by atoms with Crippen molar-refractivity contribution in [2.75, 3.05) is 25.4 Å². The van der Waals surface area contributed by atoms with E-state index in [4.69, 9.17) is 0 Å². The minimum absolute atomic E-state index is 0.0586. The number of aliphatic hydroxyl groups is 1. The third kappa shape index (κ3) is 6.02. The lowest BCUT2D eigenvalue weighted by molar-refractivity contribution is 0.0677. The van der Waals surface area contributed by atoms with Crippen molar-refractivity contribution in [1.82, 2.24) is 10.6 Å². The van der Waals surface area contributed by atoms with E-state index in [1.165, 1.54) is 29.5 Å². The molecule has 148 valence electrons. The standard InChI is InChI=1S/C18H24FN3O3S2/c1-3-20-17(22-13-18(2,23)14-8-10-26-12-14)21-9-11-27(24,25)16-7-5-4-6-15(16)19/h4-8,10,12,23H,3,9,11,13H2,1-2H3,(H2,20,21,22). The fourth-order valence-electron chi connectivity index (χ4n) is 2.35. The summed E-state index contributed by atoms with van der Waals surface area (Å²) in [5.41, 5.74) is -0.351. The topological polar surface area (TPSA) is 90.8 Å². The van der Waals surface area contributed by atoms with E-state index in [0.717, 1.165) is 11.6 Å². The summed E-state index contributed by atoms with van der Waals surface area (Å²) in [5, 5.41) is 20.2. The molecule has 0 aliphatic carbocycles. The second-order valence-corrected chi connectivity index (χ2v) is 9.01. The van der Waals surface area contributed by atoms with Crippen LogP contribution in [0.2, 0.25) is 0 Å². The van der Waals surface area contributed by atoms with Crippen LogP contribution in [0.1, 0.15) is 19.4 Å². The molecule has 2 rings (SSSR count). The maximum Gasteiger partial charge on any atom is 0.191 e. The predicted octanol–water partition coefficient (Wildman–Crippen LogP) is 2.12. The minimum Gasteiger partial charge on any atom is -0.383 e. The van der Waals surface area contributed by atoms with E-state index < -0.39 is 21.3 Å². The minimum atomic E-state index is -3.75. The summed E-state index contributed by atoms with van der Waals surface area (Å²) < 4.78 is 38.3. The molecular formula is C18H24FN3O3S2. The van der Waals surface area contributed by atoms with E-state index >= 15 is 0 Å². The molecule has 0 saturated carbocycles. The molecule has 2 aromatic rings. The lowest BCUT2D eigenvalue weighted by atomic mass is 10.00. The Hall–Kier alpha value is -1.97. The molecule has 0 aliphatic heterocycles. The van der Waals surface area contributed by atoms with Crippen LogP contribution in [-0.2, 0) is 15.4 Å². The molecule has 1 aromatic heterocycles. The SMILES string of the molecule is CCNC(=NCC(C)(O)c1ccsc1)NCCS(=O)(=O)c1ccccc1F. The van der Waals surface area contributed by atoms with E-state index in [1.807, 2.05) is 23.8 Å². The molecular weight excluding hydrogens is 389 g/mol. The molecule has 0 saturated heterocycles. The average molecular weight is 414 g/mol. The summed E-state index contributed by atoms with van der Waals surface area (Å²) in [6.07, 6.45) is 0. The molecule has 0 radical (unpaired) electrons. The highest BCUT2D eigenvalue weighted by atomic mass is 32.2. The first kappa shape index (κ1) is 21.3. The van der Waals surface area contributed by atoms with Gasteiger partial charge in [-0.3, -0.25) is 0 Å². The van der Waals surface area contributed by atoms with Gasteiger partial charge < -0.3 is 15.7 Å². The molecule has 1 heterocycles. The third-order valence-corrected chi connectivity index (χ3v) is 6.29. The Kier molecular flexibility index (Phi) is 7.34. The van der Waals surface area contributed by atoms with Crippen molar-refractivity contribution in [3.63, 3.8) is 0 Å². The number of thiophene rings is 1. The third-order valence-electron chi connectivity index (χ3n) is 3.87. The summed E-state index contributed by atoms with van der Waals surface area (Å²) >= 11 is 1.49. The number of halogens is 1. The van der Waals surface area contributed by atoms with Crippen LogP contribution in [0.5, 0.6) is 0 Å². The number of rotatable bonds is 8. The fraction of sp³-hybridized carbons (Fsp3) is 0.389. The first-order chi connectivity index (χ1) is 12.8. The van der Waals surface area contributed by atoms with Crippen LogP contribution < -0.4 is 10.6 Å². The first-order valence-electron chi connectivity index (χ1n) is 8.51. The Labute approximate surface area is 163 Å². The van der Waals surface area contributed by atoms with Gasteiger partial charge in [-0.15, -0.1) is 0 Å². The van der Waals surface area contributed by atoms with Gasteiger partial charge in [-0.05, 0) is 48.4 Å². The van der Waals surface area contributed by atoms with Gasteiger partial charge in [0, 0.05) is 13.1 Å². The van der Waals surface area contributed by atoms with Crippen molar-refractivity contribution in [3.8, 4) is 0 Å². The van der Waals surface area contributed by atoms with Crippen LogP contribution in [0.4, 0.5) is 4.39 Å². The van der Waals surface area contributed by atoms with Crippen molar-refractivity contribution in [2.24, 2.45) is 4.99 Å². The summed E-state index contributed by atoms with van der Waals surface area (Å²) in [7, 11) is -3.75. The number of guanidine groups is 1. The summed E-state index contributed by atoms with van der Waals surface area (Å²) in [6, 6.07) is 7.14. The van der Waals surface area contributed by atoms with Crippen LogP contribution in [0.15, 0.2) is 51.0 Å². The number of aliphatic imine (C=N–C) groups is 1. The zero-order valence-corrected chi connectivity index (χ0v) is 16.9. The monoisotopic (exact) mass is 413 g/mol. The normalized spacial score (nSPS) is 14.6. The number of hydrogen-bond donors (Lipinski definition) is 3. The summed E-state index contributed by atoms with van der Waals surface area (Å²) in [5.74, 6) is -0.652. The van der Waals surface area contributed by atoms with Gasteiger partial charge in [-0.25, -0.2) is 17.8 Å². The smallest absolute Gasteiger partial charge is 0.191 e. The lowest BCUT2D eigenvalue weighted by Gasteiger charge is -2.21. The highest BCUT2D eigenvalue weighted by molar-refractivity contribution is 7.91. The largest absolute Gasteiger partial charge is 0.383 e. The first-order valence-corrected chi connectivity index (χ1v) is 11.1. The van der Waals surface area contributed by atoms with Crippen molar-refractivity contribution in [1.29, 1.82) is 0 Å². The second-order valence-electron chi connectivity index (χ2n) is 6.16. The van der Waals surface area contributed by atoms with Crippen molar-refractivity contribution >= 4 is 27.1 Å². The molecule has 0 spiro atoms. The lowest BCUT2D eigenvalue weighted by Crippen LogP contribution is -2.40. The molecule has 3 N–H and O–H groups in total. The summed E-state index contributed by atoms with van der Waals surface area (Å²) in [4.78, 5) is 4.02. The zero-order valence-electron chi connectivity index (χ0n) is 15.3. The van der Waals surface area contributed by atoms with Crippen molar-refractivity contribution < 1.29 is 17.9 Å². The van der Waals surface area contributed by atoms with Gasteiger partial charge in [0.25, 0.3) is 0 Å². The number of benzene rings is 1. The van der Waals surface area contributed by atoms with Crippen LogP contribution in [0.25, 0.3) is 0 Å². The van der Waals surface area contributed by atoms with Gasteiger partial charge >= 0.3 is 0 Å². The molecule has 1 unspecified atom stereocenters. The van der Waals surface area contributed by atoms with E-state index in [1.54, 1.807) is 6.92 Å². The second kappa shape index (κ2) is 9.29. The Bertz CT molecular complexity index is 866. The van der Waals surface area contributed by atoms with E-state index in [2.05, 4.69) is 15.6 Å².